The smallest absolute Gasteiger partial charge is 0.267 e. The Bertz CT molecular complexity index is 435. The monoisotopic (exact) mass is 235 g/mol. The number of hydrogen-bond donors (Lipinski definition) is 2. The SMILES string of the molecule is O=C(NCCN1CCCC1)c1cccc(=O)[nH]1. The van der Waals surface area contributed by atoms with Crippen LogP contribution in [0.4, 0.5) is 0 Å². The molecule has 0 saturated carbocycles. The number of hydrogen-bond acceptors (Lipinski definition) is 3. The zero-order valence-corrected chi connectivity index (χ0v) is 9.74. The summed E-state index contributed by atoms with van der Waals surface area (Å²) in [7, 11) is 0. The first-order valence-corrected chi connectivity index (χ1v) is 5.95. The Morgan fingerprint density at radius 1 is 1.35 bits per heavy atom. The second kappa shape index (κ2) is 5.63. The van der Waals surface area contributed by atoms with Gasteiger partial charge in [-0.25, -0.2) is 0 Å². The van der Waals surface area contributed by atoms with Gasteiger partial charge >= 0.3 is 0 Å². The Labute approximate surface area is 99.8 Å². The maximum atomic E-state index is 11.7. The number of pyridine rings is 1. The standard InChI is InChI=1S/C12H17N3O2/c16-11-5-3-4-10(14-11)12(17)13-6-9-15-7-1-2-8-15/h3-5H,1-2,6-9H2,(H,13,17)(H,14,16). The topological polar surface area (TPSA) is 65.2 Å². The fourth-order valence-corrected chi connectivity index (χ4v) is 2.01. The highest BCUT2D eigenvalue weighted by Crippen LogP contribution is 2.05. The van der Waals surface area contributed by atoms with Crippen molar-refractivity contribution in [2.24, 2.45) is 0 Å². The van der Waals surface area contributed by atoms with Crippen LogP contribution in [0.1, 0.15) is 23.3 Å². The molecular weight excluding hydrogens is 218 g/mol. The molecule has 5 nitrogen and oxygen atoms in total. The molecule has 0 spiro atoms. The van der Waals surface area contributed by atoms with Gasteiger partial charge in [0.25, 0.3) is 5.91 Å². The zero-order chi connectivity index (χ0) is 12.1. The largest absolute Gasteiger partial charge is 0.349 e. The molecule has 5 heteroatoms. The van der Waals surface area contributed by atoms with Crippen LogP contribution in [0.3, 0.4) is 0 Å². The molecule has 1 saturated heterocycles. The molecular formula is C12H17N3O2. The van der Waals surface area contributed by atoms with Crippen LogP contribution in [-0.4, -0.2) is 42.0 Å². The Kier molecular flexibility index (Phi) is 3.93. The molecule has 1 aromatic rings. The zero-order valence-electron chi connectivity index (χ0n) is 9.74. The van der Waals surface area contributed by atoms with E-state index in [1.54, 1.807) is 12.1 Å². The Morgan fingerprint density at radius 2 is 2.12 bits per heavy atom. The van der Waals surface area contributed by atoms with E-state index in [0.717, 1.165) is 19.6 Å². The molecule has 2 N–H and O–H groups in total. The second-order valence-electron chi connectivity index (χ2n) is 4.23. The quantitative estimate of drug-likeness (QED) is 0.783. The first-order chi connectivity index (χ1) is 8.25. The van der Waals surface area contributed by atoms with Crippen molar-refractivity contribution in [3.05, 3.63) is 34.2 Å². The highest BCUT2D eigenvalue weighted by atomic mass is 16.2. The number of carbonyl (C=O) groups is 1. The Balaban J connectivity index is 1.79. The molecule has 1 fully saturated rings. The van der Waals surface area contributed by atoms with Crippen LogP contribution in [0, 0.1) is 0 Å². The predicted octanol–water partition coefficient (Wildman–Crippen LogP) is 0.200. The average molecular weight is 235 g/mol. The fourth-order valence-electron chi connectivity index (χ4n) is 2.01. The van der Waals surface area contributed by atoms with E-state index in [4.69, 9.17) is 0 Å². The van der Waals surface area contributed by atoms with Gasteiger partial charge in [0.2, 0.25) is 5.56 Å². The average Bonchev–Trinajstić information content (AvgIpc) is 2.82. The predicted molar refractivity (Wildman–Crippen MR) is 65.1 cm³/mol. The number of nitrogens with one attached hydrogen (secondary N) is 2. The minimum atomic E-state index is -0.253. The summed E-state index contributed by atoms with van der Waals surface area (Å²) in [6.07, 6.45) is 2.50. The molecule has 2 rings (SSSR count). The van der Waals surface area contributed by atoms with Gasteiger partial charge in [0.15, 0.2) is 0 Å². The summed E-state index contributed by atoms with van der Waals surface area (Å²) in [4.78, 5) is 27.5. The van der Waals surface area contributed by atoms with E-state index >= 15 is 0 Å². The van der Waals surface area contributed by atoms with E-state index in [9.17, 15) is 9.59 Å². The number of likely N-dealkylation sites (tertiary alicyclic amines) is 1. The minimum absolute atomic E-state index is 0.220. The van der Waals surface area contributed by atoms with Gasteiger partial charge in [-0.2, -0.15) is 0 Å². The summed E-state index contributed by atoms with van der Waals surface area (Å²) in [5.74, 6) is -0.220. The molecule has 1 aliphatic heterocycles. The molecule has 1 amide bonds. The summed E-state index contributed by atoms with van der Waals surface area (Å²) >= 11 is 0. The van der Waals surface area contributed by atoms with Gasteiger partial charge in [-0.05, 0) is 32.0 Å². The minimum Gasteiger partial charge on any atom is -0.349 e. The Hall–Kier alpha value is -1.62. The number of H-pyrrole nitrogens is 1. The van der Waals surface area contributed by atoms with E-state index in [1.807, 2.05) is 0 Å². The number of nitrogens with zero attached hydrogens (tertiary/aromatic N) is 1. The van der Waals surface area contributed by atoms with Crippen LogP contribution in [-0.2, 0) is 0 Å². The molecule has 0 aromatic carbocycles. The van der Waals surface area contributed by atoms with Gasteiger partial charge in [0, 0.05) is 19.2 Å². The first-order valence-electron chi connectivity index (χ1n) is 5.95. The molecule has 0 bridgehead atoms. The number of aromatic amines is 1. The third kappa shape index (κ3) is 3.42. The van der Waals surface area contributed by atoms with Crippen molar-refractivity contribution < 1.29 is 4.79 Å². The second-order valence-corrected chi connectivity index (χ2v) is 4.23. The van der Waals surface area contributed by atoms with Gasteiger partial charge in [-0.15, -0.1) is 0 Å². The van der Waals surface area contributed by atoms with E-state index in [0.29, 0.717) is 12.2 Å². The van der Waals surface area contributed by atoms with Crippen molar-refractivity contribution in [3.63, 3.8) is 0 Å². The molecule has 0 radical (unpaired) electrons. The summed E-state index contributed by atoms with van der Waals surface area (Å²) < 4.78 is 0. The van der Waals surface area contributed by atoms with Crippen LogP contribution < -0.4 is 10.9 Å². The van der Waals surface area contributed by atoms with Crippen molar-refractivity contribution in [2.75, 3.05) is 26.2 Å². The van der Waals surface area contributed by atoms with Gasteiger partial charge in [-0.1, -0.05) is 6.07 Å². The molecule has 92 valence electrons. The van der Waals surface area contributed by atoms with Gasteiger partial charge < -0.3 is 15.2 Å². The van der Waals surface area contributed by atoms with Crippen molar-refractivity contribution in [2.45, 2.75) is 12.8 Å². The van der Waals surface area contributed by atoms with Crippen LogP contribution in [0.15, 0.2) is 23.0 Å². The number of rotatable bonds is 4. The third-order valence-corrected chi connectivity index (χ3v) is 2.93. The maximum absolute atomic E-state index is 11.7. The summed E-state index contributed by atoms with van der Waals surface area (Å²) in [5, 5.41) is 2.80. The third-order valence-electron chi connectivity index (χ3n) is 2.93. The molecule has 1 aliphatic rings. The van der Waals surface area contributed by atoms with Crippen LogP contribution in [0.5, 0.6) is 0 Å². The number of amides is 1. The highest BCUT2D eigenvalue weighted by molar-refractivity contribution is 5.92. The summed E-state index contributed by atoms with van der Waals surface area (Å²) in [6, 6.07) is 4.57. The normalized spacial score (nSPS) is 16.0. The van der Waals surface area contributed by atoms with Crippen LogP contribution in [0.25, 0.3) is 0 Å². The van der Waals surface area contributed by atoms with E-state index < -0.39 is 0 Å². The van der Waals surface area contributed by atoms with Crippen molar-refractivity contribution in [3.8, 4) is 0 Å². The first kappa shape index (κ1) is 11.9. The summed E-state index contributed by atoms with van der Waals surface area (Å²) in [6.45, 7) is 3.74. The van der Waals surface area contributed by atoms with Crippen molar-refractivity contribution in [1.29, 1.82) is 0 Å². The molecule has 2 heterocycles. The van der Waals surface area contributed by atoms with Crippen molar-refractivity contribution in [1.82, 2.24) is 15.2 Å². The van der Waals surface area contributed by atoms with Gasteiger partial charge in [-0.3, -0.25) is 9.59 Å². The molecule has 0 unspecified atom stereocenters. The lowest BCUT2D eigenvalue weighted by Crippen LogP contribution is -2.34. The molecule has 1 aromatic heterocycles. The van der Waals surface area contributed by atoms with Crippen LogP contribution >= 0.6 is 0 Å². The fraction of sp³-hybridized carbons (Fsp3) is 0.500. The van der Waals surface area contributed by atoms with Gasteiger partial charge in [0.1, 0.15) is 5.69 Å². The van der Waals surface area contributed by atoms with E-state index in [2.05, 4.69) is 15.2 Å². The van der Waals surface area contributed by atoms with Gasteiger partial charge in [0.05, 0.1) is 0 Å². The van der Waals surface area contributed by atoms with E-state index in [1.165, 1.54) is 18.9 Å². The molecule has 0 atom stereocenters. The summed E-state index contributed by atoms with van der Waals surface area (Å²) in [5.41, 5.74) is 0.0658. The van der Waals surface area contributed by atoms with Crippen molar-refractivity contribution >= 4 is 5.91 Å². The number of carbonyl (C=O) groups excluding carboxylic acids is 1. The number of aromatic nitrogens is 1. The maximum Gasteiger partial charge on any atom is 0.267 e. The van der Waals surface area contributed by atoms with E-state index in [-0.39, 0.29) is 11.5 Å². The highest BCUT2D eigenvalue weighted by Gasteiger charge is 2.11. The lowest BCUT2D eigenvalue weighted by Gasteiger charge is -2.14. The molecule has 17 heavy (non-hydrogen) atoms. The van der Waals surface area contributed by atoms with Crippen LogP contribution in [0.2, 0.25) is 0 Å². The lowest BCUT2D eigenvalue weighted by atomic mass is 10.3. The Morgan fingerprint density at radius 3 is 2.82 bits per heavy atom. The lowest BCUT2D eigenvalue weighted by molar-refractivity contribution is 0.0944. The molecule has 0 aliphatic carbocycles.